The van der Waals surface area contributed by atoms with Crippen LogP contribution in [0.2, 0.25) is 0 Å². The summed E-state index contributed by atoms with van der Waals surface area (Å²) in [5, 5.41) is 0. The highest BCUT2D eigenvalue weighted by Crippen LogP contribution is 2.60. The number of fused-ring (bicyclic) bond motifs is 2. The van der Waals surface area contributed by atoms with Gasteiger partial charge in [-0.25, -0.2) is 0 Å². The molecular weight excluding hydrogens is 194 g/mol. The van der Waals surface area contributed by atoms with Crippen LogP contribution >= 0.6 is 0 Å². The maximum absolute atomic E-state index is 5.77. The highest BCUT2D eigenvalue weighted by molar-refractivity contribution is 5.46. The maximum atomic E-state index is 5.77. The van der Waals surface area contributed by atoms with Gasteiger partial charge in [0.2, 0.25) is 0 Å². The molecule has 2 aliphatic rings. The summed E-state index contributed by atoms with van der Waals surface area (Å²) >= 11 is 0. The predicted molar refractivity (Wildman–Crippen MR) is 67.6 cm³/mol. The van der Waals surface area contributed by atoms with Gasteiger partial charge in [0.25, 0.3) is 0 Å². The smallest absolute Gasteiger partial charge is 0.00122 e. The van der Waals surface area contributed by atoms with Gasteiger partial charge in [-0.2, -0.15) is 0 Å². The van der Waals surface area contributed by atoms with E-state index in [4.69, 9.17) is 5.73 Å². The van der Waals surface area contributed by atoms with Crippen molar-refractivity contribution in [1.29, 1.82) is 0 Å². The highest BCUT2D eigenvalue weighted by atomic mass is 14.6. The molecule has 2 aliphatic carbocycles. The molecule has 0 aromatic heterocycles. The molecular formula is C15H21N. The average Bonchev–Trinajstić information content (AvgIpc) is 3.04. The summed E-state index contributed by atoms with van der Waals surface area (Å²) in [6.07, 6.45) is 6.63. The first-order valence-corrected chi connectivity index (χ1v) is 6.57. The number of nitrogens with two attached hydrogens (primary N) is 1. The lowest BCUT2D eigenvalue weighted by Crippen LogP contribution is -2.30. The summed E-state index contributed by atoms with van der Waals surface area (Å²) < 4.78 is 0. The lowest BCUT2D eigenvalue weighted by Gasteiger charge is -2.35. The molecule has 1 unspecified atom stereocenters. The zero-order valence-corrected chi connectivity index (χ0v) is 10.1. The van der Waals surface area contributed by atoms with Gasteiger partial charge in [-0.3, -0.25) is 0 Å². The molecule has 1 nitrogen and oxygen atoms in total. The number of hydrogen-bond donors (Lipinski definition) is 1. The summed E-state index contributed by atoms with van der Waals surface area (Å²) in [6, 6.07) is 6.83. The Hall–Kier alpha value is -0.820. The molecule has 1 fully saturated rings. The zero-order valence-electron chi connectivity index (χ0n) is 10.1. The third-order valence-electron chi connectivity index (χ3n) is 4.70. The van der Waals surface area contributed by atoms with E-state index in [0.29, 0.717) is 5.41 Å². The molecule has 1 saturated carbocycles. The third-order valence-corrected chi connectivity index (χ3v) is 4.70. The monoisotopic (exact) mass is 215 g/mol. The molecule has 1 aromatic carbocycles. The fourth-order valence-corrected chi connectivity index (χ4v) is 3.87. The van der Waals surface area contributed by atoms with E-state index in [9.17, 15) is 0 Å². The molecule has 0 aliphatic heterocycles. The van der Waals surface area contributed by atoms with Crippen molar-refractivity contribution in [1.82, 2.24) is 0 Å². The fourth-order valence-electron chi connectivity index (χ4n) is 3.87. The number of aryl methyl sites for hydroxylation is 2. The molecule has 1 atom stereocenters. The minimum atomic E-state index is 0.540. The van der Waals surface area contributed by atoms with Crippen LogP contribution in [-0.4, -0.2) is 6.54 Å². The first-order chi connectivity index (χ1) is 7.78. The quantitative estimate of drug-likeness (QED) is 0.806. The molecule has 0 saturated heterocycles. The van der Waals surface area contributed by atoms with Crippen molar-refractivity contribution in [2.45, 2.75) is 44.4 Å². The van der Waals surface area contributed by atoms with Crippen LogP contribution < -0.4 is 5.73 Å². The summed E-state index contributed by atoms with van der Waals surface area (Å²) in [4.78, 5) is 0. The minimum Gasteiger partial charge on any atom is -0.330 e. The Morgan fingerprint density at radius 3 is 2.88 bits per heavy atom. The second kappa shape index (κ2) is 3.59. The molecule has 16 heavy (non-hydrogen) atoms. The van der Waals surface area contributed by atoms with E-state index < -0.39 is 0 Å². The van der Waals surface area contributed by atoms with Gasteiger partial charge in [0.05, 0.1) is 0 Å². The molecule has 0 heterocycles. The SMILES string of the molecule is Cc1cccc2c1C1(CC1)C(CCN)CC2. The third kappa shape index (κ3) is 1.34. The van der Waals surface area contributed by atoms with Gasteiger partial charge < -0.3 is 5.73 Å². The molecule has 86 valence electrons. The zero-order chi connectivity index (χ0) is 11.2. The van der Waals surface area contributed by atoms with Gasteiger partial charge >= 0.3 is 0 Å². The van der Waals surface area contributed by atoms with Crippen LogP contribution in [0.3, 0.4) is 0 Å². The highest BCUT2D eigenvalue weighted by Gasteiger charge is 2.53. The van der Waals surface area contributed by atoms with E-state index in [1.165, 1.54) is 37.7 Å². The van der Waals surface area contributed by atoms with Gasteiger partial charge in [0.1, 0.15) is 0 Å². The molecule has 0 amide bonds. The van der Waals surface area contributed by atoms with Gasteiger partial charge in [-0.1, -0.05) is 18.2 Å². The normalized spacial score (nSPS) is 25.5. The predicted octanol–water partition coefficient (Wildman–Crippen LogP) is 2.94. The number of hydrogen-bond acceptors (Lipinski definition) is 1. The van der Waals surface area contributed by atoms with E-state index in [2.05, 4.69) is 25.1 Å². The first-order valence-electron chi connectivity index (χ1n) is 6.57. The van der Waals surface area contributed by atoms with Gasteiger partial charge in [-0.15, -0.1) is 0 Å². The van der Waals surface area contributed by atoms with Gasteiger partial charge in [-0.05, 0) is 73.6 Å². The van der Waals surface area contributed by atoms with Gasteiger partial charge in [0.15, 0.2) is 0 Å². The van der Waals surface area contributed by atoms with E-state index in [-0.39, 0.29) is 0 Å². The summed E-state index contributed by atoms with van der Waals surface area (Å²) in [7, 11) is 0. The van der Waals surface area contributed by atoms with E-state index in [0.717, 1.165) is 12.5 Å². The van der Waals surface area contributed by atoms with Crippen molar-refractivity contribution in [3.05, 3.63) is 34.9 Å². The van der Waals surface area contributed by atoms with Crippen molar-refractivity contribution in [3.8, 4) is 0 Å². The van der Waals surface area contributed by atoms with Crippen LogP contribution in [0.25, 0.3) is 0 Å². The lowest BCUT2D eigenvalue weighted by molar-refractivity contribution is 0.333. The second-order valence-corrected chi connectivity index (χ2v) is 5.58. The van der Waals surface area contributed by atoms with Crippen molar-refractivity contribution < 1.29 is 0 Å². The van der Waals surface area contributed by atoms with Crippen molar-refractivity contribution in [2.24, 2.45) is 11.7 Å². The van der Waals surface area contributed by atoms with Crippen molar-refractivity contribution in [2.75, 3.05) is 6.54 Å². The Bertz CT molecular complexity index is 404. The standard InChI is InChI=1S/C15H21N/c1-11-3-2-4-12-5-6-13(7-10-16)15(8-9-15)14(11)12/h2-4,13H,5-10,16H2,1H3. The largest absolute Gasteiger partial charge is 0.330 e. The van der Waals surface area contributed by atoms with Crippen molar-refractivity contribution >= 4 is 0 Å². The van der Waals surface area contributed by atoms with E-state index in [1.54, 1.807) is 11.1 Å². The van der Waals surface area contributed by atoms with Crippen molar-refractivity contribution in [3.63, 3.8) is 0 Å². The topological polar surface area (TPSA) is 26.0 Å². The van der Waals surface area contributed by atoms with E-state index in [1.807, 2.05) is 0 Å². The van der Waals surface area contributed by atoms with Crippen LogP contribution in [0.4, 0.5) is 0 Å². The van der Waals surface area contributed by atoms with Crippen LogP contribution in [0.1, 0.15) is 42.4 Å². The molecule has 2 N–H and O–H groups in total. The maximum Gasteiger partial charge on any atom is -0.00122 e. The van der Waals surface area contributed by atoms with Crippen LogP contribution in [0, 0.1) is 12.8 Å². The van der Waals surface area contributed by atoms with Crippen LogP contribution in [0.15, 0.2) is 18.2 Å². The first kappa shape index (κ1) is 10.3. The Balaban J connectivity index is 2.05. The summed E-state index contributed by atoms with van der Waals surface area (Å²) in [5.41, 5.74) is 11.1. The average molecular weight is 215 g/mol. The Labute approximate surface area is 98.0 Å². The number of rotatable bonds is 2. The molecule has 0 radical (unpaired) electrons. The molecule has 1 heteroatoms. The Morgan fingerprint density at radius 2 is 2.19 bits per heavy atom. The Kier molecular flexibility index (Phi) is 2.32. The van der Waals surface area contributed by atoms with Gasteiger partial charge in [0, 0.05) is 0 Å². The van der Waals surface area contributed by atoms with Crippen LogP contribution in [0.5, 0.6) is 0 Å². The summed E-state index contributed by atoms with van der Waals surface area (Å²) in [5.74, 6) is 0.853. The molecule has 1 spiro atoms. The van der Waals surface area contributed by atoms with E-state index >= 15 is 0 Å². The second-order valence-electron chi connectivity index (χ2n) is 5.58. The minimum absolute atomic E-state index is 0.540. The number of benzene rings is 1. The lowest BCUT2D eigenvalue weighted by atomic mass is 9.69. The van der Waals surface area contributed by atoms with Crippen LogP contribution in [-0.2, 0) is 11.8 Å². The molecule has 1 aromatic rings. The summed E-state index contributed by atoms with van der Waals surface area (Å²) in [6.45, 7) is 3.14. The molecule has 3 rings (SSSR count). The molecule has 0 bridgehead atoms. The Morgan fingerprint density at radius 1 is 1.38 bits per heavy atom. The fraction of sp³-hybridized carbons (Fsp3) is 0.600.